The standard InChI is InChI=1S/C18H14O2/c1-14-11-12-18(20)16(13-14)17(19)10-6-5-9-15-7-3-2-4-8-15/h2-4,6-8,10-13,20H,1H3. The van der Waals surface area contributed by atoms with E-state index in [0.717, 1.165) is 11.1 Å². The number of allylic oxidation sites excluding steroid dienone is 2. The van der Waals surface area contributed by atoms with Crippen LogP contribution in [0.5, 0.6) is 5.75 Å². The number of phenols is 1. The lowest BCUT2D eigenvalue weighted by atomic mass is 10.1. The van der Waals surface area contributed by atoms with E-state index in [4.69, 9.17) is 0 Å². The molecule has 0 saturated heterocycles. The van der Waals surface area contributed by atoms with Gasteiger partial charge in [0.15, 0.2) is 5.78 Å². The molecule has 2 aromatic carbocycles. The van der Waals surface area contributed by atoms with Gasteiger partial charge in [-0.1, -0.05) is 41.7 Å². The molecule has 2 rings (SSSR count). The van der Waals surface area contributed by atoms with Gasteiger partial charge in [0.05, 0.1) is 5.56 Å². The second kappa shape index (κ2) is 6.40. The molecule has 1 N–H and O–H groups in total. The molecule has 0 aliphatic carbocycles. The number of hydrogen-bond acceptors (Lipinski definition) is 2. The van der Waals surface area contributed by atoms with E-state index in [9.17, 15) is 9.90 Å². The highest BCUT2D eigenvalue weighted by molar-refractivity contribution is 6.06. The first-order chi connectivity index (χ1) is 9.66. The van der Waals surface area contributed by atoms with Gasteiger partial charge in [-0.05, 0) is 43.3 Å². The van der Waals surface area contributed by atoms with Crippen molar-refractivity contribution in [1.82, 2.24) is 0 Å². The van der Waals surface area contributed by atoms with Crippen LogP contribution >= 0.6 is 0 Å². The van der Waals surface area contributed by atoms with Gasteiger partial charge in [-0.3, -0.25) is 4.79 Å². The van der Waals surface area contributed by atoms with E-state index in [2.05, 4.69) is 11.8 Å². The Bertz CT molecular complexity index is 701. The Kier molecular flexibility index (Phi) is 4.36. The molecule has 0 aromatic heterocycles. The Morgan fingerprint density at radius 1 is 1.15 bits per heavy atom. The summed E-state index contributed by atoms with van der Waals surface area (Å²) in [5, 5.41) is 9.65. The summed E-state index contributed by atoms with van der Waals surface area (Å²) >= 11 is 0. The van der Waals surface area contributed by atoms with Crippen molar-refractivity contribution in [2.24, 2.45) is 0 Å². The normalized spacial score (nSPS) is 10.1. The lowest BCUT2D eigenvalue weighted by Gasteiger charge is -2.01. The van der Waals surface area contributed by atoms with Gasteiger partial charge in [0.2, 0.25) is 0 Å². The molecule has 20 heavy (non-hydrogen) atoms. The molecule has 0 amide bonds. The molecule has 2 nitrogen and oxygen atoms in total. The average Bonchev–Trinajstić information content (AvgIpc) is 2.47. The Hall–Kier alpha value is -2.79. The fourth-order valence-electron chi connectivity index (χ4n) is 1.70. The van der Waals surface area contributed by atoms with Crippen molar-refractivity contribution in [2.45, 2.75) is 6.92 Å². The zero-order chi connectivity index (χ0) is 14.4. The number of carbonyl (C=O) groups is 1. The van der Waals surface area contributed by atoms with Gasteiger partial charge in [-0.15, -0.1) is 0 Å². The fourth-order valence-corrected chi connectivity index (χ4v) is 1.70. The first-order valence-electron chi connectivity index (χ1n) is 6.24. The molecule has 0 heterocycles. The molecule has 2 aromatic rings. The molecule has 0 unspecified atom stereocenters. The zero-order valence-corrected chi connectivity index (χ0v) is 11.1. The number of phenolic OH excluding ortho intramolecular Hbond substituents is 1. The van der Waals surface area contributed by atoms with Crippen molar-refractivity contribution in [3.05, 3.63) is 77.4 Å². The van der Waals surface area contributed by atoms with E-state index < -0.39 is 0 Å². The number of hydrogen-bond donors (Lipinski definition) is 1. The minimum Gasteiger partial charge on any atom is -0.507 e. The monoisotopic (exact) mass is 262 g/mol. The summed E-state index contributed by atoms with van der Waals surface area (Å²) in [5.74, 6) is 5.46. The van der Waals surface area contributed by atoms with E-state index in [1.807, 2.05) is 37.3 Å². The Labute approximate surface area is 118 Å². The lowest BCUT2D eigenvalue weighted by Crippen LogP contribution is -1.95. The topological polar surface area (TPSA) is 37.3 Å². The Balaban J connectivity index is 2.10. The zero-order valence-electron chi connectivity index (χ0n) is 11.1. The molecular formula is C18H14O2. The van der Waals surface area contributed by atoms with Crippen LogP contribution in [0.3, 0.4) is 0 Å². The van der Waals surface area contributed by atoms with Gasteiger partial charge in [0.25, 0.3) is 0 Å². The summed E-state index contributed by atoms with van der Waals surface area (Å²) in [7, 11) is 0. The van der Waals surface area contributed by atoms with Gasteiger partial charge in [-0.2, -0.15) is 0 Å². The minimum absolute atomic E-state index is 0.0127. The van der Waals surface area contributed by atoms with Crippen molar-refractivity contribution < 1.29 is 9.90 Å². The van der Waals surface area contributed by atoms with Crippen LogP contribution in [0.15, 0.2) is 60.7 Å². The van der Waals surface area contributed by atoms with Gasteiger partial charge in [-0.25, -0.2) is 0 Å². The lowest BCUT2D eigenvalue weighted by molar-refractivity contribution is 0.104. The first kappa shape index (κ1) is 13.6. The smallest absolute Gasteiger partial charge is 0.190 e. The highest BCUT2D eigenvalue weighted by atomic mass is 16.3. The first-order valence-corrected chi connectivity index (χ1v) is 6.24. The van der Waals surface area contributed by atoms with E-state index in [1.54, 1.807) is 12.1 Å². The second-order valence-corrected chi connectivity index (χ2v) is 4.35. The second-order valence-electron chi connectivity index (χ2n) is 4.35. The summed E-state index contributed by atoms with van der Waals surface area (Å²) in [6, 6.07) is 14.5. The van der Waals surface area contributed by atoms with Crippen LogP contribution in [0.4, 0.5) is 0 Å². The van der Waals surface area contributed by atoms with Crippen LogP contribution in [0.25, 0.3) is 0 Å². The number of carbonyl (C=O) groups excluding carboxylic acids is 1. The fraction of sp³-hybridized carbons (Fsp3) is 0.0556. The molecule has 0 atom stereocenters. The molecule has 0 radical (unpaired) electrons. The molecule has 0 aliphatic heterocycles. The predicted octanol–water partition coefficient (Wildman–Crippen LogP) is 3.49. The molecule has 0 spiro atoms. The van der Waals surface area contributed by atoms with Crippen LogP contribution in [0, 0.1) is 18.8 Å². The summed E-state index contributed by atoms with van der Waals surface area (Å²) in [6.07, 6.45) is 2.86. The van der Waals surface area contributed by atoms with Crippen LogP contribution in [-0.2, 0) is 0 Å². The Morgan fingerprint density at radius 2 is 1.90 bits per heavy atom. The van der Waals surface area contributed by atoms with Crippen LogP contribution in [0.2, 0.25) is 0 Å². The third-order valence-corrected chi connectivity index (χ3v) is 2.73. The molecule has 0 saturated carbocycles. The summed E-state index contributed by atoms with van der Waals surface area (Å²) in [5.41, 5.74) is 2.11. The molecular weight excluding hydrogens is 248 g/mol. The number of ketones is 1. The van der Waals surface area contributed by atoms with Gasteiger partial charge < -0.3 is 5.11 Å². The van der Waals surface area contributed by atoms with Crippen molar-refractivity contribution in [3.8, 4) is 17.6 Å². The van der Waals surface area contributed by atoms with E-state index >= 15 is 0 Å². The van der Waals surface area contributed by atoms with Crippen LogP contribution < -0.4 is 0 Å². The maximum absolute atomic E-state index is 11.9. The molecule has 0 fully saturated rings. The quantitative estimate of drug-likeness (QED) is 0.511. The average molecular weight is 262 g/mol. The van der Waals surface area contributed by atoms with Crippen molar-refractivity contribution in [1.29, 1.82) is 0 Å². The third-order valence-electron chi connectivity index (χ3n) is 2.73. The number of benzene rings is 2. The number of aryl methyl sites for hydroxylation is 1. The summed E-state index contributed by atoms with van der Waals surface area (Å²) in [6.45, 7) is 1.87. The van der Waals surface area contributed by atoms with Crippen molar-refractivity contribution in [3.63, 3.8) is 0 Å². The highest BCUT2D eigenvalue weighted by Crippen LogP contribution is 2.18. The van der Waals surface area contributed by atoms with Gasteiger partial charge in [0.1, 0.15) is 5.75 Å². The molecule has 98 valence electrons. The van der Waals surface area contributed by atoms with Gasteiger partial charge in [0, 0.05) is 5.56 Å². The number of rotatable bonds is 2. The van der Waals surface area contributed by atoms with Crippen molar-refractivity contribution in [2.75, 3.05) is 0 Å². The maximum Gasteiger partial charge on any atom is 0.190 e. The molecule has 0 aliphatic rings. The van der Waals surface area contributed by atoms with E-state index in [1.165, 1.54) is 18.2 Å². The van der Waals surface area contributed by atoms with Gasteiger partial charge >= 0.3 is 0 Å². The maximum atomic E-state index is 11.9. The Morgan fingerprint density at radius 3 is 2.65 bits per heavy atom. The minimum atomic E-state index is -0.256. The summed E-state index contributed by atoms with van der Waals surface area (Å²) < 4.78 is 0. The van der Waals surface area contributed by atoms with E-state index in [-0.39, 0.29) is 11.5 Å². The molecule has 2 heteroatoms. The van der Waals surface area contributed by atoms with E-state index in [0.29, 0.717) is 5.56 Å². The largest absolute Gasteiger partial charge is 0.507 e. The van der Waals surface area contributed by atoms with Crippen LogP contribution in [0.1, 0.15) is 21.5 Å². The SMILES string of the molecule is Cc1ccc(O)c(C(=O)C=CC#Cc2ccccc2)c1. The highest BCUT2D eigenvalue weighted by Gasteiger charge is 2.07. The summed E-state index contributed by atoms with van der Waals surface area (Å²) in [4.78, 5) is 11.9. The predicted molar refractivity (Wildman–Crippen MR) is 79.6 cm³/mol. The van der Waals surface area contributed by atoms with Crippen LogP contribution in [-0.4, -0.2) is 10.9 Å². The van der Waals surface area contributed by atoms with Crippen molar-refractivity contribution >= 4 is 5.78 Å². The molecule has 0 bridgehead atoms. The third kappa shape index (κ3) is 3.60. The number of aromatic hydroxyl groups is 1.